The number of morpholine rings is 1. The largest absolute Gasteiger partial charge is 0.496 e. The molecule has 1 fully saturated rings. The monoisotopic (exact) mass is 264 g/mol. The average Bonchev–Trinajstić information content (AvgIpc) is 2.38. The molecule has 0 aliphatic carbocycles. The minimum absolute atomic E-state index is 0.138. The van der Waals surface area contributed by atoms with Crippen molar-refractivity contribution in [1.82, 2.24) is 4.90 Å². The van der Waals surface area contributed by atoms with Gasteiger partial charge >= 0.3 is 0 Å². The van der Waals surface area contributed by atoms with Crippen LogP contribution in [0.5, 0.6) is 5.75 Å². The van der Waals surface area contributed by atoms with E-state index < -0.39 is 0 Å². The second kappa shape index (κ2) is 6.37. The normalized spacial score (nSPS) is 24.4. The molecule has 0 bridgehead atoms. The van der Waals surface area contributed by atoms with E-state index in [2.05, 4.69) is 30.9 Å². The number of rotatable bonds is 4. The SMILES string of the molecule is COc1ccc(C)cc1CN1CC(C)OC(CN)C1. The lowest BCUT2D eigenvalue weighted by Crippen LogP contribution is -2.48. The third-order valence-corrected chi connectivity index (χ3v) is 3.49. The van der Waals surface area contributed by atoms with Crippen molar-refractivity contribution in [2.45, 2.75) is 32.6 Å². The Kier molecular flexibility index (Phi) is 4.80. The van der Waals surface area contributed by atoms with E-state index in [9.17, 15) is 0 Å². The van der Waals surface area contributed by atoms with Crippen molar-refractivity contribution < 1.29 is 9.47 Å². The van der Waals surface area contributed by atoms with Crippen LogP contribution in [-0.2, 0) is 11.3 Å². The number of hydrogen-bond acceptors (Lipinski definition) is 4. The zero-order valence-corrected chi connectivity index (χ0v) is 12.1. The van der Waals surface area contributed by atoms with E-state index >= 15 is 0 Å². The van der Waals surface area contributed by atoms with E-state index in [1.807, 2.05) is 6.07 Å². The first kappa shape index (κ1) is 14.3. The quantitative estimate of drug-likeness (QED) is 0.896. The van der Waals surface area contributed by atoms with Gasteiger partial charge in [-0.15, -0.1) is 0 Å². The van der Waals surface area contributed by atoms with Gasteiger partial charge in [-0.3, -0.25) is 4.90 Å². The fraction of sp³-hybridized carbons (Fsp3) is 0.600. The lowest BCUT2D eigenvalue weighted by molar-refractivity contribution is -0.0746. The second-order valence-corrected chi connectivity index (χ2v) is 5.31. The molecule has 2 N–H and O–H groups in total. The molecule has 19 heavy (non-hydrogen) atoms. The Labute approximate surface area is 115 Å². The molecule has 0 aromatic heterocycles. The van der Waals surface area contributed by atoms with E-state index in [4.69, 9.17) is 15.2 Å². The molecule has 0 saturated carbocycles. The Bertz CT molecular complexity index is 423. The van der Waals surface area contributed by atoms with E-state index in [-0.39, 0.29) is 12.2 Å². The molecular formula is C15H24N2O2. The van der Waals surface area contributed by atoms with Gasteiger partial charge in [-0.25, -0.2) is 0 Å². The van der Waals surface area contributed by atoms with Crippen LogP contribution in [0.2, 0.25) is 0 Å². The molecule has 1 heterocycles. The van der Waals surface area contributed by atoms with Crippen molar-refractivity contribution in [2.75, 3.05) is 26.7 Å². The fourth-order valence-electron chi connectivity index (χ4n) is 2.67. The summed E-state index contributed by atoms with van der Waals surface area (Å²) in [4.78, 5) is 2.39. The predicted molar refractivity (Wildman–Crippen MR) is 76.4 cm³/mol. The molecule has 1 aliphatic heterocycles. The summed E-state index contributed by atoms with van der Waals surface area (Å²) in [6, 6.07) is 6.30. The molecule has 4 heteroatoms. The molecule has 0 amide bonds. The van der Waals surface area contributed by atoms with Crippen LogP contribution in [0.15, 0.2) is 18.2 Å². The summed E-state index contributed by atoms with van der Waals surface area (Å²) in [6.07, 6.45) is 0.373. The van der Waals surface area contributed by atoms with E-state index in [1.54, 1.807) is 7.11 Å². The highest BCUT2D eigenvalue weighted by Gasteiger charge is 2.24. The summed E-state index contributed by atoms with van der Waals surface area (Å²) in [6.45, 7) is 7.49. The van der Waals surface area contributed by atoms with E-state index in [1.165, 1.54) is 11.1 Å². The number of methoxy groups -OCH3 is 1. The van der Waals surface area contributed by atoms with Gasteiger partial charge in [-0.2, -0.15) is 0 Å². The molecule has 106 valence electrons. The van der Waals surface area contributed by atoms with Crippen LogP contribution in [0.3, 0.4) is 0 Å². The lowest BCUT2D eigenvalue weighted by atomic mass is 10.1. The maximum Gasteiger partial charge on any atom is 0.123 e. The van der Waals surface area contributed by atoms with Crippen LogP contribution < -0.4 is 10.5 Å². The van der Waals surface area contributed by atoms with Gasteiger partial charge in [0, 0.05) is 31.7 Å². The highest BCUT2D eigenvalue weighted by atomic mass is 16.5. The summed E-state index contributed by atoms with van der Waals surface area (Å²) >= 11 is 0. The Morgan fingerprint density at radius 3 is 2.89 bits per heavy atom. The van der Waals surface area contributed by atoms with Gasteiger partial charge in [0.05, 0.1) is 19.3 Å². The summed E-state index contributed by atoms with van der Waals surface area (Å²) in [5.74, 6) is 0.953. The number of ether oxygens (including phenoxy) is 2. The van der Waals surface area contributed by atoms with E-state index in [0.717, 1.165) is 25.4 Å². The molecule has 1 saturated heterocycles. The first-order chi connectivity index (χ1) is 9.12. The van der Waals surface area contributed by atoms with Gasteiger partial charge in [0.2, 0.25) is 0 Å². The number of aryl methyl sites for hydroxylation is 1. The fourth-order valence-corrected chi connectivity index (χ4v) is 2.67. The number of nitrogens with zero attached hydrogens (tertiary/aromatic N) is 1. The van der Waals surface area contributed by atoms with Crippen LogP contribution in [0.25, 0.3) is 0 Å². The van der Waals surface area contributed by atoms with Crippen molar-refractivity contribution in [3.05, 3.63) is 29.3 Å². The smallest absolute Gasteiger partial charge is 0.123 e. The van der Waals surface area contributed by atoms with Crippen molar-refractivity contribution in [2.24, 2.45) is 5.73 Å². The molecule has 0 radical (unpaired) electrons. The molecule has 0 spiro atoms. The van der Waals surface area contributed by atoms with Gasteiger partial charge in [-0.1, -0.05) is 17.7 Å². The maximum absolute atomic E-state index is 5.79. The van der Waals surface area contributed by atoms with Gasteiger partial charge in [0.1, 0.15) is 5.75 Å². The molecule has 1 aromatic rings. The Balaban J connectivity index is 2.09. The summed E-state index contributed by atoms with van der Waals surface area (Å²) in [5.41, 5.74) is 8.21. The molecule has 4 nitrogen and oxygen atoms in total. The van der Waals surface area contributed by atoms with Crippen molar-refractivity contribution in [3.8, 4) is 5.75 Å². The first-order valence-electron chi connectivity index (χ1n) is 6.83. The zero-order chi connectivity index (χ0) is 13.8. The third-order valence-electron chi connectivity index (χ3n) is 3.49. The lowest BCUT2D eigenvalue weighted by Gasteiger charge is -2.36. The zero-order valence-electron chi connectivity index (χ0n) is 12.1. The number of nitrogens with two attached hydrogens (primary N) is 1. The minimum Gasteiger partial charge on any atom is -0.496 e. The third kappa shape index (κ3) is 3.69. The van der Waals surface area contributed by atoms with Crippen LogP contribution in [0.4, 0.5) is 0 Å². The maximum atomic E-state index is 5.79. The van der Waals surface area contributed by atoms with Crippen LogP contribution in [0, 0.1) is 6.92 Å². The summed E-state index contributed by atoms with van der Waals surface area (Å²) in [7, 11) is 1.72. The van der Waals surface area contributed by atoms with Gasteiger partial charge in [-0.05, 0) is 19.9 Å². The average molecular weight is 264 g/mol. The number of hydrogen-bond donors (Lipinski definition) is 1. The highest BCUT2D eigenvalue weighted by molar-refractivity contribution is 5.36. The first-order valence-corrected chi connectivity index (χ1v) is 6.83. The second-order valence-electron chi connectivity index (χ2n) is 5.31. The van der Waals surface area contributed by atoms with Gasteiger partial charge in [0.25, 0.3) is 0 Å². The summed E-state index contributed by atoms with van der Waals surface area (Å²) < 4.78 is 11.2. The minimum atomic E-state index is 0.138. The van der Waals surface area contributed by atoms with Crippen LogP contribution in [0.1, 0.15) is 18.1 Å². The molecule has 2 atom stereocenters. The summed E-state index contributed by atoms with van der Waals surface area (Å²) in [5, 5.41) is 0. The molecular weight excluding hydrogens is 240 g/mol. The van der Waals surface area contributed by atoms with Gasteiger partial charge in [0.15, 0.2) is 0 Å². The Hall–Kier alpha value is -1.10. The van der Waals surface area contributed by atoms with Crippen LogP contribution in [-0.4, -0.2) is 43.9 Å². The van der Waals surface area contributed by atoms with Crippen LogP contribution >= 0.6 is 0 Å². The Morgan fingerprint density at radius 2 is 2.21 bits per heavy atom. The molecule has 2 rings (SSSR count). The number of benzene rings is 1. The molecule has 1 aliphatic rings. The predicted octanol–water partition coefficient (Wildman–Crippen LogP) is 1.55. The standard InChI is InChI=1S/C15H24N2O2/c1-11-4-5-15(18-3)13(6-11)9-17-8-12(2)19-14(7-16)10-17/h4-6,12,14H,7-10,16H2,1-3H3. The van der Waals surface area contributed by atoms with Crippen molar-refractivity contribution in [3.63, 3.8) is 0 Å². The molecule has 2 unspecified atom stereocenters. The molecule has 1 aromatic carbocycles. The topological polar surface area (TPSA) is 47.7 Å². The van der Waals surface area contributed by atoms with Crippen molar-refractivity contribution >= 4 is 0 Å². The van der Waals surface area contributed by atoms with Gasteiger partial charge < -0.3 is 15.2 Å². The van der Waals surface area contributed by atoms with Crippen molar-refractivity contribution in [1.29, 1.82) is 0 Å². The highest BCUT2D eigenvalue weighted by Crippen LogP contribution is 2.23. The Morgan fingerprint density at radius 1 is 1.42 bits per heavy atom. The van der Waals surface area contributed by atoms with E-state index in [0.29, 0.717) is 6.54 Å².